The molecular formula is C17H21N3O2. The third-order valence-corrected chi connectivity index (χ3v) is 4.42. The van der Waals surface area contributed by atoms with Crippen LogP contribution in [0.3, 0.4) is 0 Å². The largest absolute Gasteiger partial charge is 0.478 e. The first-order valence-corrected chi connectivity index (χ1v) is 7.68. The molecule has 0 spiro atoms. The van der Waals surface area contributed by atoms with Crippen LogP contribution >= 0.6 is 0 Å². The molecule has 116 valence electrons. The third kappa shape index (κ3) is 3.04. The first-order chi connectivity index (χ1) is 10.6. The summed E-state index contributed by atoms with van der Waals surface area (Å²) >= 11 is 0. The number of carboxylic acid groups (broad SMARTS) is 1. The monoisotopic (exact) mass is 299 g/mol. The first-order valence-electron chi connectivity index (χ1n) is 7.68. The quantitative estimate of drug-likeness (QED) is 0.911. The Morgan fingerprint density at radius 3 is 3.00 bits per heavy atom. The highest BCUT2D eigenvalue weighted by atomic mass is 16.4. The van der Waals surface area contributed by atoms with Gasteiger partial charge in [-0.25, -0.2) is 4.79 Å². The normalized spacial score (nSPS) is 19.2. The van der Waals surface area contributed by atoms with Crippen molar-refractivity contribution in [3.05, 3.63) is 52.8 Å². The van der Waals surface area contributed by atoms with Crippen LogP contribution in [0.15, 0.2) is 30.5 Å². The van der Waals surface area contributed by atoms with Crippen molar-refractivity contribution in [2.75, 3.05) is 13.1 Å². The van der Waals surface area contributed by atoms with Crippen molar-refractivity contribution in [1.82, 2.24) is 15.1 Å². The molecule has 1 atom stereocenters. The Kier molecular flexibility index (Phi) is 4.24. The lowest BCUT2D eigenvalue weighted by Gasteiger charge is -2.32. The number of likely N-dealkylation sites (tertiary alicyclic amines) is 1. The van der Waals surface area contributed by atoms with Crippen LogP contribution in [0.5, 0.6) is 0 Å². The number of aromatic nitrogens is 2. The number of aromatic carboxylic acids is 1. The minimum atomic E-state index is -0.853. The second-order valence-electron chi connectivity index (χ2n) is 6.00. The van der Waals surface area contributed by atoms with Crippen molar-refractivity contribution < 1.29 is 9.90 Å². The zero-order chi connectivity index (χ0) is 15.5. The molecule has 2 heterocycles. The molecule has 1 fully saturated rings. The number of H-pyrrole nitrogens is 1. The summed E-state index contributed by atoms with van der Waals surface area (Å²) in [6.45, 7) is 4.72. The van der Waals surface area contributed by atoms with Gasteiger partial charge >= 0.3 is 5.97 Å². The van der Waals surface area contributed by atoms with Crippen LogP contribution < -0.4 is 0 Å². The fraction of sp³-hybridized carbons (Fsp3) is 0.412. The summed E-state index contributed by atoms with van der Waals surface area (Å²) in [5, 5.41) is 16.5. The van der Waals surface area contributed by atoms with E-state index in [-0.39, 0.29) is 0 Å². The minimum absolute atomic E-state index is 0.405. The molecule has 0 aliphatic carbocycles. The molecule has 5 nitrogen and oxygen atoms in total. The lowest BCUT2D eigenvalue weighted by atomic mass is 9.92. The molecule has 2 aromatic rings. The SMILES string of the molecule is Cc1cn[nH]c1[C@H]1CCCN(Cc2ccccc2C(=O)O)C1. The predicted octanol–water partition coefficient (Wildman–Crippen LogP) is 2.80. The number of benzene rings is 1. The van der Waals surface area contributed by atoms with Crippen molar-refractivity contribution in [1.29, 1.82) is 0 Å². The number of carboxylic acids is 1. The maximum Gasteiger partial charge on any atom is 0.336 e. The second kappa shape index (κ2) is 6.32. The van der Waals surface area contributed by atoms with E-state index < -0.39 is 5.97 Å². The number of nitrogens with zero attached hydrogens (tertiary/aromatic N) is 2. The van der Waals surface area contributed by atoms with Gasteiger partial charge in [-0.3, -0.25) is 10.00 Å². The molecule has 0 amide bonds. The molecule has 3 rings (SSSR count). The van der Waals surface area contributed by atoms with Crippen LogP contribution in [-0.2, 0) is 6.54 Å². The van der Waals surface area contributed by atoms with Crippen molar-refractivity contribution >= 4 is 5.97 Å². The molecule has 22 heavy (non-hydrogen) atoms. The molecule has 0 radical (unpaired) electrons. The Bertz CT molecular complexity index is 665. The van der Waals surface area contributed by atoms with Gasteiger partial charge in [0.2, 0.25) is 0 Å². The van der Waals surface area contributed by atoms with Gasteiger partial charge in [0.1, 0.15) is 0 Å². The maximum atomic E-state index is 11.3. The average molecular weight is 299 g/mol. The number of aryl methyl sites for hydroxylation is 1. The maximum absolute atomic E-state index is 11.3. The summed E-state index contributed by atoms with van der Waals surface area (Å²) in [6.07, 6.45) is 4.15. The molecule has 0 saturated carbocycles. The number of piperidine rings is 1. The van der Waals surface area contributed by atoms with Gasteiger partial charge in [0.15, 0.2) is 0 Å². The Morgan fingerprint density at radius 2 is 2.27 bits per heavy atom. The van der Waals surface area contributed by atoms with Gasteiger partial charge in [-0.2, -0.15) is 5.10 Å². The van der Waals surface area contributed by atoms with Gasteiger partial charge in [-0.15, -0.1) is 0 Å². The predicted molar refractivity (Wildman–Crippen MR) is 84.0 cm³/mol. The van der Waals surface area contributed by atoms with E-state index in [2.05, 4.69) is 22.0 Å². The fourth-order valence-electron chi connectivity index (χ4n) is 3.31. The number of nitrogens with one attached hydrogen (secondary N) is 1. The molecular weight excluding hydrogens is 278 g/mol. The summed E-state index contributed by atoms with van der Waals surface area (Å²) in [5.41, 5.74) is 3.72. The molecule has 1 aromatic carbocycles. The standard InChI is InChI=1S/C17H21N3O2/c1-12-9-18-19-16(12)14-6-4-8-20(11-14)10-13-5-2-3-7-15(13)17(21)22/h2-3,5,7,9,14H,4,6,8,10-11H2,1H3,(H,18,19)(H,21,22)/t14-/m0/s1. The van der Waals surface area contributed by atoms with Gasteiger partial charge in [0.05, 0.1) is 11.8 Å². The lowest BCUT2D eigenvalue weighted by molar-refractivity contribution is 0.0694. The van der Waals surface area contributed by atoms with E-state index in [1.807, 2.05) is 18.3 Å². The van der Waals surface area contributed by atoms with E-state index in [4.69, 9.17) is 0 Å². The third-order valence-electron chi connectivity index (χ3n) is 4.42. The molecule has 1 aliphatic heterocycles. The Hall–Kier alpha value is -2.14. The van der Waals surface area contributed by atoms with E-state index in [1.165, 1.54) is 11.3 Å². The van der Waals surface area contributed by atoms with Gasteiger partial charge in [0.25, 0.3) is 0 Å². The average Bonchev–Trinajstić information content (AvgIpc) is 2.94. The molecule has 5 heteroatoms. The van der Waals surface area contributed by atoms with Gasteiger partial charge in [-0.05, 0) is 43.5 Å². The van der Waals surface area contributed by atoms with Gasteiger partial charge in [0, 0.05) is 24.7 Å². The zero-order valence-corrected chi connectivity index (χ0v) is 12.7. The van der Waals surface area contributed by atoms with E-state index in [1.54, 1.807) is 12.1 Å². The Morgan fingerprint density at radius 1 is 1.45 bits per heavy atom. The van der Waals surface area contributed by atoms with E-state index >= 15 is 0 Å². The topological polar surface area (TPSA) is 69.2 Å². The fourth-order valence-corrected chi connectivity index (χ4v) is 3.31. The summed E-state index contributed by atoms with van der Waals surface area (Å²) in [7, 11) is 0. The van der Waals surface area contributed by atoms with E-state index in [9.17, 15) is 9.90 Å². The van der Waals surface area contributed by atoms with E-state index in [0.717, 1.165) is 31.5 Å². The molecule has 1 aliphatic rings. The van der Waals surface area contributed by atoms with Crippen molar-refractivity contribution in [2.45, 2.75) is 32.2 Å². The van der Waals surface area contributed by atoms with Crippen molar-refractivity contribution in [2.24, 2.45) is 0 Å². The summed E-state index contributed by atoms with van der Waals surface area (Å²) < 4.78 is 0. The van der Waals surface area contributed by atoms with Crippen LogP contribution in [-0.4, -0.2) is 39.3 Å². The zero-order valence-electron chi connectivity index (χ0n) is 12.7. The number of carbonyl (C=O) groups is 1. The first kappa shape index (κ1) is 14.8. The van der Waals surface area contributed by atoms with Crippen LogP contribution in [0.4, 0.5) is 0 Å². The van der Waals surface area contributed by atoms with Crippen molar-refractivity contribution in [3.8, 4) is 0 Å². The van der Waals surface area contributed by atoms with Crippen LogP contribution in [0.2, 0.25) is 0 Å². The second-order valence-corrected chi connectivity index (χ2v) is 6.00. The molecule has 2 N–H and O–H groups in total. The Labute approximate surface area is 130 Å². The molecule has 1 saturated heterocycles. The molecule has 0 unspecified atom stereocenters. The van der Waals surface area contributed by atoms with E-state index in [0.29, 0.717) is 18.0 Å². The smallest absolute Gasteiger partial charge is 0.336 e. The highest BCUT2D eigenvalue weighted by Crippen LogP contribution is 2.28. The van der Waals surface area contributed by atoms with Gasteiger partial charge < -0.3 is 5.11 Å². The molecule has 0 bridgehead atoms. The Balaban J connectivity index is 1.74. The van der Waals surface area contributed by atoms with Crippen molar-refractivity contribution in [3.63, 3.8) is 0 Å². The number of hydrogen-bond donors (Lipinski definition) is 2. The number of hydrogen-bond acceptors (Lipinski definition) is 3. The van der Waals surface area contributed by atoms with Crippen LogP contribution in [0, 0.1) is 6.92 Å². The van der Waals surface area contributed by atoms with Gasteiger partial charge in [-0.1, -0.05) is 18.2 Å². The molecule has 1 aromatic heterocycles. The summed E-state index contributed by atoms with van der Waals surface area (Å²) in [6, 6.07) is 7.27. The highest BCUT2D eigenvalue weighted by Gasteiger charge is 2.24. The lowest BCUT2D eigenvalue weighted by Crippen LogP contribution is -2.34. The summed E-state index contributed by atoms with van der Waals surface area (Å²) in [4.78, 5) is 13.7. The number of rotatable bonds is 4. The highest BCUT2D eigenvalue weighted by molar-refractivity contribution is 5.89. The summed E-state index contributed by atoms with van der Waals surface area (Å²) in [5.74, 6) is -0.401. The van der Waals surface area contributed by atoms with Crippen LogP contribution in [0.1, 0.15) is 45.9 Å². The number of aromatic amines is 1. The van der Waals surface area contributed by atoms with Crippen LogP contribution in [0.25, 0.3) is 0 Å². The minimum Gasteiger partial charge on any atom is -0.478 e.